The molecule has 0 spiro atoms. The summed E-state index contributed by atoms with van der Waals surface area (Å²) >= 11 is 1.78. The summed E-state index contributed by atoms with van der Waals surface area (Å²) in [6.07, 6.45) is 5.59. The Labute approximate surface area is 145 Å². The van der Waals surface area contributed by atoms with Crippen LogP contribution >= 0.6 is 11.3 Å². The van der Waals surface area contributed by atoms with Gasteiger partial charge in [0.25, 0.3) is 0 Å². The Balaban J connectivity index is 1.41. The van der Waals surface area contributed by atoms with Gasteiger partial charge in [-0.3, -0.25) is 4.98 Å². The summed E-state index contributed by atoms with van der Waals surface area (Å²) in [4.78, 5) is 15.7. The number of aryl methyl sites for hydroxylation is 2. The van der Waals surface area contributed by atoms with Crippen molar-refractivity contribution in [3.05, 3.63) is 41.9 Å². The topological polar surface area (TPSA) is 51.1 Å². The summed E-state index contributed by atoms with van der Waals surface area (Å²) in [7, 11) is 0. The van der Waals surface area contributed by atoms with Crippen LogP contribution in [0.25, 0.3) is 10.2 Å². The van der Waals surface area contributed by atoms with Crippen molar-refractivity contribution >= 4 is 26.7 Å². The maximum absolute atomic E-state index is 5.98. The van der Waals surface area contributed by atoms with E-state index in [1.54, 1.807) is 23.7 Å². The molecule has 0 N–H and O–H groups in total. The van der Waals surface area contributed by atoms with E-state index >= 15 is 0 Å². The Kier molecular flexibility index (Phi) is 4.06. The lowest BCUT2D eigenvalue weighted by molar-refractivity contribution is 0.163. The number of anilines is 1. The third-order valence-corrected chi connectivity index (χ3v) is 5.34. The highest BCUT2D eigenvalue weighted by Crippen LogP contribution is 2.31. The Morgan fingerprint density at radius 3 is 2.75 bits per heavy atom. The monoisotopic (exact) mass is 340 g/mol. The van der Waals surface area contributed by atoms with E-state index in [0.29, 0.717) is 5.88 Å². The molecule has 3 aromatic rings. The molecule has 5 nitrogen and oxygen atoms in total. The van der Waals surface area contributed by atoms with Gasteiger partial charge in [-0.1, -0.05) is 17.4 Å². The zero-order valence-electron chi connectivity index (χ0n) is 13.9. The molecule has 1 aromatic carbocycles. The summed E-state index contributed by atoms with van der Waals surface area (Å²) < 4.78 is 7.24. The van der Waals surface area contributed by atoms with E-state index in [1.807, 2.05) is 6.92 Å². The van der Waals surface area contributed by atoms with Crippen molar-refractivity contribution in [2.75, 3.05) is 18.0 Å². The van der Waals surface area contributed by atoms with E-state index in [1.165, 1.54) is 10.3 Å². The van der Waals surface area contributed by atoms with Gasteiger partial charge in [-0.2, -0.15) is 0 Å². The van der Waals surface area contributed by atoms with E-state index in [4.69, 9.17) is 9.72 Å². The van der Waals surface area contributed by atoms with Gasteiger partial charge in [0.1, 0.15) is 6.10 Å². The fourth-order valence-corrected chi connectivity index (χ4v) is 4.10. The predicted octanol–water partition coefficient (Wildman–Crippen LogP) is 3.75. The summed E-state index contributed by atoms with van der Waals surface area (Å²) in [5.74, 6) is 0.629. The highest BCUT2D eigenvalue weighted by Gasteiger charge is 2.23. The zero-order valence-corrected chi connectivity index (χ0v) is 14.7. The SMILES string of the molecule is Cc1ccc2nc(N3CCC(Oc4cncc(C)n4)CC3)sc2c1. The molecule has 4 rings (SSSR count). The second-order valence-corrected chi connectivity index (χ2v) is 7.28. The first-order valence-corrected chi connectivity index (χ1v) is 9.06. The predicted molar refractivity (Wildman–Crippen MR) is 97.0 cm³/mol. The molecule has 0 atom stereocenters. The van der Waals surface area contributed by atoms with Crippen molar-refractivity contribution in [3.63, 3.8) is 0 Å². The zero-order chi connectivity index (χ0) is 16.5. The molecule has 0 amide bonds. The van der Waals surface area contributed by atoms with Crippen LogP contribution < -0.4 is 9.64 Å². The Morgan fingerprint density at radius 2 is 1.96 bits per heavy atom. The smallest absolute Gasteiger partial charge is 0.232 e. The number of hydrogen-bond acceptors (Lipinski definition) is 6. The molecule has 0 bridgehead atoms. The van der Waals surface area contributed by atoms with Gasteiger partial charge in [-0.05, 0) is 31.5 Å². The van der Waals surface area contributed by atoms with Crippen molar-refractivity contribution < 1.29 is 4.74 Å². The van der Waals surface area contributed by atoms with E-state index in [0.717, 1.165) is 42.3 Å². The van der Waals surface area contributed by atoms with Crippen molar-refractivity contribution in [2.24, 2.45) is 0 Å². The molecule has 24 heavy (non-hydrogen) atoms. The van der Waals surface area contributed by atoms with Crippen molar-refractivity contribution in [2.45, 2.75) is 32.8 Å². The third kappa shape index (κ3) is 3.19. The van der Waals surface area contributed by atoms with E-state index in [-0.39, 0.29) is 6.10 Å². The number of ether oxygens (including phenoxy) is 1. The van der Waals surface area contributed by atoms with Gasteiger partial charge in [-0.15, -0.1) is 0 Å². The van der Waals surface area contributed by atoms with Gasteiger partial charge in [0.05, 0.1) is 22.1 Å². The van der Waals surface area contributed by atoms with Crippen LogP contribution in [0.3, 0.4) is 0 Å². The molecule has 1 fully saturated rings. The van der Waals surface area contributed by atoms with Crippen LogP contribution in [0.2, 0.25) is 0 Å². The lowest BCUT2D eigenvalue weighted by atomic mass is 10.1. The van der Waals surface area contributed by atoms with Gasteiger partial charge in [0.15, 0.2) is 5.13 Å². The van der Waals surface area contributed by atoms with E-state index in [9.17, 15) is 0 Å². The molecule has 1 saturated heterocycles. The third-order valence-electron chi connectivity index (χ3n) is 4.27. The van der Waals surface area contributed by atoms with Crippen molar-refractivity contribution in [1.82, 2.24) is 15.0 Å². The first kappa shape index (κ1) is 15.3. The molecule has 0 unspecified atom stereocenters. The molecule has 0 radical (unpaired) electrons. The minimum absolute atomic E-state index is 0.203. The normalized spacial score (nSPS) is 15.8. The van der Waals surface area contributed by atoms with Crippen LogP contribution in [-0.2, 0) is 0 Å². The van der Waals surface area contributed by atoms with Gasteiger partial charge in [-0.25, -0.2) is 9.97 Å². The minimum atomic E-state index is 0.203. The Hall–Kier alpha value is -2.21. The largest absolute Gasteiger partial charge is 0.473 e. The van der Waals surface area contributed by atoms with Crippen LogP contribution in [0.1, 0.15) is 24.1 Å². The second kappa shape index (κ2) is 6.36. The molecule has 124 valence electrons. The molecular formula is C18H20N4OS. The average Bonchev–Trinajstić information content (AvgIpc) is 2.98. The first-order chi connectivity index (χ1) is 11.7. The fraction of sp³-hybridized carbons (Fsp3) is 0.389. The number of aromatic nitrogens is 3. The summed E-state index contributed by atoms with van der Waals surface area (Å²) in [5.41, 5.74) is 3.26. The number of piperidine rings is 1. The summed E-state index contributed by atoms with van der Waals surface area (Å²) in [6.45, 7) is 5.97. The highest BCUT2D eigenvalue weighted by atomic mass is 32.1. The molecule has 0 aliphatic carbocycles. The maximum Gasteiger partial charge on any atom is 0.232 e. The lowest BCUT2D eigenvalue weighted by Crippen LogP contribution is -2.38. The highest BCUT2D eigenvalue weighted by molar-refractivity contribution is 7.22. The maximum atomic E-state index is 5.98. The standard InChI is InChI=1S/C18H20N4OS/c1-12-3-4-15-16(9-12)24-18(21-15)22-7-5-14(6-8-22)23-17-11-19-10-13(2)20-17/h3-4,9-11,14H,5-8H2,1-2H3. The lowest BCUT2D eigenvalue weighted by Gasteiger charge is -2.31. The van der Waals surface area contributed by atoms with Crippen LogP contribution in [0.15, 0.2) is 30.6 Å². The number of fused-ring (bicyclic) bond motifs is 1. The number of benzene rings is 1. The average molecular weight is 340 g/mol. The molecule has 2 aromatic heterocycles. The number of rotatable bonds is 3. The van der Waals surface area contributed by atoms with Gasteiger partial charge < -0.3 is 9.64 Å². The van der Waals surface area contributed by atoms with Crippen molar-refractivity contribution in [3.8, 4) is 5.88 Å². The quantitative estimate of drug-likeness (QED) is 0.727. The van der Waals surface area contributed by atoms with Gasteiger partial charge >= 0.3 is 0 Å². The molecular weight excluding hydrogens is 320 g/mol. The van der Waals surface area contributed by atoms with Crippen molar-refractivity contribution in [1.29, 1.82) is 0 Å². The van der Waals surface area contributed by atoms with Gasteiger partial charge in [0.2, 0.25) is 5.88 Å². The number of hydrogen-bond donors (Lipinski definition) is 0. The first-order valence-electron chi connectivity index (χ1n) is 8.25. The molecule has 3 heterocycles. The second-order valence-electron chi connectivity index (χ2n) is 6.27. The summed E-state index contributed by atoms with van der Waals surface area (Å²) in [6, 6.07) is 6.44. The number of thiazole rings is 1. The Bertz CT molecular complexity index is 855. The molecule has 1 aliphatic rings. The van der Waals surface area contributed by atoms with Crippen LogP contribution in [0.4, 0.5) is 5.13 Å². The molecule has 1 aliphatic heterocycles. The van der Waals surface area contributed by atoms with Crippen LogP contribution in [0.5, 0.6) is 5.88 Å². The van der Waals surface area contributed by atoms with Crippen LogP contribution in [0, 0.1) is 13.8 Å². The summed E-state index contributed by atoms with van der Waals surface area (Å²) in [5, 5.41) is 1.12. The van der Waals surface area contributed by atoms with Crippen LogP contribution in [-0.4, -0.2) is 34.1 Å². The molecule has 6 heteroatoms. The van der Waals surface area contributed by atoms with E-state index < -0.39 is 0 Å². The van der Waals surface area contributed by atoms with E-state index in [2.05, 4.69) is 40.0 Å². The van der Waals surface area contributed by atoms with Gasteiger partial charge in [0, 0.05) is 32.1 Å². The Morgan fingerprint density at radius 1 is 1.12 bits per heavy atom. The molecule has 0 saturated carbocycles. The number of nitrogens with zero attached hydrogens (tertiary/aromatic N) is 4. The minimum Gasteiger partial charge on any atom is -0.473 e. The fourth-order valence-electron chi connectivity index (χ4n) is 2.99.